The standard InChI is InChI=1S/C24H30N4O/c29-22(18-13-14-18)27-20-12-6-5-11-19(20)24(15-7-2-8-16-24)28-23(27)25-21(26-28)17-9-3-1-4-10-17/h1,3-4,9-10,18-20H,2,5-8,11-16H2/t19-,20+/m1/s1. The molecule has 3 saturated carbocycles. The van der Waals surface area contributed by atoms with Crippen molar-refractivity contribution in [3.8, 4) is 11.4 Å². The first kappa shape index (κ1) is 17.7. The van der Waals surface area contributed by atoms with Crippen molar-refractivity contribution in [1.29, 1.82) is 0 Å². The van der Waals surface area contributed by atoms with E-state index >= 15 is 0 Å². The second kappa shape index (κ2) is 6.68. The van der Waals surface area contributed by atoms with E-state index < -0.39 is 0 Å². The molecular formula is C24H30N4O. The minimum atomic E-state index is 0.0546. The summed E-state index contributed by atoms with van der Waals surface area (Å²) in [6.07, 6.45) is 13.1. The summed E-state index contributed by atoms with van der Waals surface area (Å²) in [5, 5.41) is 5.11. The molecule has 0 saturated heterocycles. The molecule has 5 heteroatoms. The smallest absolute Gasteiger partial charge is 0.232 e. The van der Waals surface area contributed by atoms with Crippen molar-refractivity contribution in [2.24, 2.45) is 11.8 Å². The Bertz CT molecular complexity index is 910. The molecule has 29 heavy (non-hydrogen) atoms. The number of amides is 1. The summed E-state index contributed by atoms with van der Waals surface area (Å²) in [6, 6.07) is 10.6. The third-order valence-electron chi connectivity index (χ3n) is 7.89. The van der Waals surface area contributed by atoms with Gasteiger partial charge in [0.05, 0.1) is 5.54 Å². The molecule has 0 radical (unpaired) electrons. The molecule has 1 aromatic heterocycles. The molecule has 3 aliphatic carbocycles. The lowest BCUT2D eigenvalue weighted by Crippen LogP contribution is -2.61. The van der Waals surface area contributed by atoms with Crippen LogP contribution in [0.3, 0.4) is 0 Å². The van der Waals surface area contributed by atoms with Crippen LogP contribution in [-0.2, 0) is 10.3 Å². The van der Waals surface area contributed by atoms with E-state index in [-0.39, 0.29) is 11.5 Å². The fourth-order valence-corrected chi connectivity index (χ4v) is 6.36. The van der Waals surface area contributed by atoms with Gasteiger partial charge in [0.15, 0.2) is 5.82 Å². The third-order valence-corrected chi connectivity index (χ3v) is 7.89. The zero-order chi connectivity index (χ0) is 19.4. The van der Waals surface area contributed by atoms with Crippen molar-refractivity contribution in [2.45, 2.75) is 82.2 Å². The minimum absolute atomic E-state index is 0.0546. The lowest BCUT2D eigenvalue weighted by atomic mass is 9.64. The molecule has 2 aromatic rings. The summed E-state index contributed by atoms with van der Waals surface area (Å²) < 4.78 is 2.24. The van der Waals surface area contributed by atoms with Crippen LogP contribution in [0.15, 0.2) is 30.3 Å². The van der Waals surface area contributed by atoms with Crippen LogP contribution in [-0.4, -0.2) is 26.7 Å². The van der Waals surface area contributed by atoms with Crippen LogP contribution in [0.1, 0.15) is 70.6 Å². The van der Waals surface area contributed by atoms with Crippen molar-refractivity contribution in [3.63, 3.8) is 0 Å². The highest BCUT2D eigenvalue weighted by molar-refractivity contribution is 5.96. The molecule has 1 aliphatic heterocycles. The van der Waals surface area contributed by atoms with Gasteiger partial charge in [0, 0.05) is 23.4 Å². The molecule has 4 aliphatic rings. The Labute approximate surface area is 172 Å². The second-order valence-corrected chi connectivity index (χ2v) is 9.62. The van der Waals surface area contributed by atoms with Gasteiger partial charge in [-0.1, -0.05) is 62.4 Å². The zero-order valence-corrected chi connectivity index (χ0v) is 17.1. The summed E-state index contributed by atoms with van der Waals surface area (Å²) in [5.74, 6) is 2.66. The molecule has 1 amide bonds. The Morgan fingerprint density at radius 1 is 0.931 bits per heavy atom. The van der Waals surface area contributed by atoms with E-state index in [1.807, 2.05) is 18.2 Å². The number of fused-ring (bicyclic) bond motifs is 4. The van der Waals surface area contributed by atoms with Crippen LogP contribution in [0, 0.1) is 11.8 Å². The fraction of sp³-hybridized carbons (Fsp3) is 0.625. The molecule has 0 N–H and O–H groups in total. The predicted octanol–water partition coefficient (Wildman–Crippen LogP) is 4.92. The summed E-state index contributed by atoms with van der Waals surface area (Å²) in [4.78, 5) is 20.6. The highest BCUT2D eigenvalue weighted by atomic mass is 16.2. The Balaban J connectivity index is 1.54. The Morgan fingerprint density at radius 3 is 2.45 bits per heavy atom. The van der Waals surface area contributed by atoms with Gasteiger partial charge in [-0.05, 0) is 38.5 Å². The van der Waals surface area contributed by atoms with E-state index in [1.54, 1.807) is 0 Å². The first-order chi connectivity index (χ1) is 14.3. The maximum absolute atomic E-state index is 13.4. The molecule has 3 fully saturated rings. The number of aromatic nitrogens is 3. The zero-order valence-electron chi connectivity index (χ0n) is 17.1. The van der Waals surface area contributed by atoms with Gasteiger partial charge in [0.2, 0.25) is 11.9 Å². The van der Waals surface area contributed by atoms with E-state index in [2.05, 4.69) is 21.7 Å². The summed E-state index contributed by atoms with van der Waals surface area (Å²) in [7, 11) is 0. The Morgan fingerprint density at radius 2 is 1.69 bits per heavy atom. The molecular weight excluding hydrogens is 360 g/mol. The van der Waals surface area contributed by atoms with Crippen LogP contribution >= 0.6 is 0 Å². The van der Waals surface area contributed by atoms with Gasteiger partial charge in [0.1, 0.15) is 0 Å². The maximum Gasteiger partial charge on any atom is 0.232 e. The van der Waals surface area contributed by atoms with Crippen molar-refractivity contribution < 1.29 is 4.79 Å². The first-order valence-corrected chi connectivity index (χ1v) is 11.6. The van der Waals surface area contributed by atoms with Crippen molar-refractivity contribution in [2.75, 3.05) is 4.90 Å². The predicted molar refractivity (Wildman–Crippen MR) is 112 cm³/mol. The molecule has 2 atom stereocenters. The van der Waals surface area contributed by atoms with Crippen molar-refractivity contribution in [3.05, 3.63) is 30.3 Å². The van der Waals surface area contributed by atoms with Crippen LogP contribution in [0.25, 0.3) is 11.4 Å². The van der Waals surface area contributed by atoms with Gasteiger partial charge in [-0.3, -0.25) is 9.69 Å². The van der Waals surface area contributed by atoms with Crippen LogP contribution < -0.4 is 4.90 Å². The lowest BCUT2D eigenvalue weighted by Gasteiger charge is -2.55. The molecule has 2 heterocycles. The SMILES string of the molecule is O=C(C1CC1)N1c2nc(-c3ccccc3)nn2C2(CCCCC2)[C@@H]2CCCC[C@@H]21. The number of hydrogen-bond acceptors (Lipinski definition) is 3. The largest absolute Gasteiger partial charge is 0.277 e. The molecule has 1 aromatic carbocycles. The number of rotatable bonds is 2. The quantitative estimate of drug-likeness (QED) is 0.731. The van der Waals surface area contributed by atoms with E-state index in [1.165, 1.54) is 51.4 Å². The highest BCUT2D eigenvalue weighted by Gasteiger charge is 2.56. The number of nitrogens with zero attached hydrogens (tertiary/aromatic N) is 4. The van der Waals surface area contributed by atoms with E-state index in [4.69, 9.17) is 10.1 Å². The molecule has 1 spiro atoms. The average Bonchev–Trinajstić information content (AvgIpc) is 3.54. The van der Waals surface area contributed by atoms with Gasteiger partial charge in [-0.15, -0.1) is 5.10 Å². The van der Waals surface area contributed by atoms with Crippen molar-refractivity contribution >= 4 is 11.9 Å². The fourth-order valence-electron chi connectivity index (χ4n) is 6.36. The number of hydrogen-bond donors (Lipinski definition) is 0. The maximum atomic E-state index is 13.4. The van der Waals surface area contributed by atoms with Gasteiger partial charge >= 0.3 is 0 Å². The first-order valence-electron chi connectivity index (χ1n) is 11.6. The lowest BCUT2D eigenvalue weighted by molar-refractivity contribution is -0.122. The Hall–Kier alpha value is -2.17. The summed E-state index contributed by atoms with van der Waals surface area (Å²) in [6.45, 7) is 0. The van der Waals surface area contributed by atoms with E-state index in [0.717, 1.165) is 36.6 Å². The molecule has 0 bridgehead atoms. The molecule has 6 rings (SSSR count). The molecule has 152 valence electrons. The third kappa shape index (κ3) is 2.69. The van der Waals surface area contributed by atoms with Gasteiger partial charge < -0.3 is 0 Å². The normalized spacial score (nSPS) is 28.1. The van der Waals surface area contributed by atoms with Gasteiger partial charge in [-0.2, -0.15) is 4.98 Å². The molecule has 5 nitrogen and oxygen atoms in total. The van der Waals surface area contributed by atoms with E-state index in [0.29, 0.717) is 17.9 Å². The van der Waals surface area contributed by atoms with E-state index in [9.17, 15) is 4.79 Å². The number of anilines is 1. The van der Waals surface area contributed by atoms with Crippen molar-refractivity contribution in [1.82, 2.24) is 14.8 Å². The topological polar surface area (TPSA) is 51.0 Å². The van der Waals surface area contributed by atoms with Crippen LogP contribution in [0.5, 0.6) is 0 Å². The molecule has 0 unspecified atom stereocenters. The van der Waals surface area contributed by atoms with Crippen LogP contribution in [0.4, 0.5) is 5.95 Å². The summed E-state index contributed by atoms with van der Waals surface area (Å²) in [5.41, 5.74) is 1.10. The number of carbonyl (C=O) groups excluding carboxylic acids is 1. The average molecular weight is 391 g/mol. The number of benzene rings is 1. The van der Waals surface area contributed by atoms with Gasteiger partial charge in [-0.25, -0.2) is 4.68 Å². The van der Waals surface area contributed by atoms with Gasteiger partial charge in [0.25, 0.3) is 0 Å². The highest BCUT2D eigenvalue weighted by Crippen LogP contribution is 2.53. The Kier molecular flexibility index (Phi) is 4.07. The number of carbonyl (C=O) groups is 1. The summed E-state index contributed by atoms with van der Waals surface area (Å²) >= 11 is 0. The minimum Gasteiger partial charge on any atom is -0.277 e. The second-order valence-electron chi connectivity index (χ2n) is 9.62. The van der Waals surface area contributed by atoms with Crippen LogP contribution in [0.2, 0.25) is 0 Å². The monoisotopic (exact) mass is 390 g/mol.